The average molecular weight is 505 g/mol. The zero-order chi connectivity index (χ0) is 25.6. The van der Waals surface area contributed by atoms with Crippen LogP contribution in [-0.2, 0) is 10.0 Å². The van der Waals surface area contributed by atoms with Crippen LogP contribution in [0.25, 0.3) is 0 Å². The summed E-state index contributed by atoms with van der Waals surface area (Å²) in [4.78, 5) is 23.2. The second kappa shape index (κ2) is 11.2. The molecule has 1 fully saturated rings. The average Bonchev–Trinajstić information content (AvgIpc) is 2.85. The summed E-state index contributed by atoms with van der Waals surface area (Å²) in [5.74, 6) is 0. The molecule has 0 aliphatic carbocycles. The molecule has 1 heterocycles. The normalized spacial score (nSPS) is 14.7. The van der Waals surface area contributed by atoms with E-state index < -0.39 is 19.9 Å². The molecular weight excluding hydrogens is 476 g/mol. The van der Waals surface area contributed by atoms with Gasteiger partial charge < -0.3 is 4.90 Å². The Morgan fingerprint density at radius 2 is 1.60 bits per heavy atom. The van der Waals surface area contributed by atoms with Gasteiger partial charge in [0, 0.05) is 61.7 Å². The molecular formula is C22H28N6O6S. The van der Waals surface area contributed by atoms with Crippen molar-refractivity contribution < 1.29 is 18.3 Å². The number of rotatable bonds is 10. The molecule has 0 amide bonds. The number of hydrogen-bond donors (Lipinski definition) is 1. The monoisotopic (exact) mass is 504 g/mol. The maximum Gasteiger partial charge on any atom is 0.270 e. The van der Waals surface area contributed by atoms with Crippen LogP contribution in [0.4, 0.5) is 22.7 Å². The zero-order valence-electron chi connectivity index (χ0n) is 19.6. The summed E-state index contributed by atoms with van der Waals surface area (Å²) in [5, 5.41) is 26.7. The van der Waals surface area contributed by atoms with E-state index in [4.69, 9.17) is 0 Å². The van der Waals surface area contributed by atoms with Gasteiger partial charge in [-0.3, -0.25) is 25.7 Å². The lowest BCUT2D eigenvalue weighted by Crippen LogP contribution is -2.35. The first kappa shape index (κ1) is 26.0. The zero-order valence-corrected chi connectivity index (χ0v) is 20.4. The van der Waals surface area contributed by atoms with E-state index in [1.165, 1.54) is 34.8 Å². The molecule has 35 heavy (non-hydrogen) atoms. The summed E-state index contributed by atoms with van der Waals surface area (Å²) in [7, 11) is -4.00. The third-order valence-corrected chi connectivity index (χ3v) is 7.76. The van der Waals surface area contributed by atoms with Crippen LogP contribution < -0.4 is 10.3 Å². The standard InChI is InChI=1S/C22H28N6O6S/c1-3-25(4-2)21-11-9-18(27(29)30)14-17(21)16-23-24-20-10-8-19(28(31)32)15-22(20)35(33,34)26-12-6-5-7-13-26/h8-11,14-16,24H,3-7,12-13H2,1-2H3. The topological polar surface area (TPSA) is 151 Å². The van der Waals surface area contributed by atoms with E-state index in [-0.39, 0.29) is 22.0 Å². The number of hydrogen-bond acceptors (Lipinski definition) is 9. The van der Waals surface area contributed by atoms with Crippen molar-refractivity contribution in [2.75, 3.05) is 36.5 Å². The van der Waals surface area contributed by atoms with Gasteiger partial charge in [0.05, 0.1) is 21.7 Å². The van der Waals surface area contributed by atoms with Crippen LogP contribution in [-0.4, -0.2) is 55.0 Å². The molecule has 0 bridgehead atoms. The highest BCUT2D eigenvalue weighted by Crippen LogP contribution is 2.31. The quantitative estimate of drug-likeness (QED) is 0.290. The molecule has 0 saturated carbocycles. The highest BCUT2D eigenvalue weighted by atomic mass is 32.2. The SMILES string of the molecule is CCN(CC)c1ccc([N+](=O)[O-])cc1C=NNc1ccc([N+](=O)[O-])cc1S(=O)(=O)N1CCCCC1. The molecule has 0 atom stereocenters. The van der Waals surface area contributed by atoms with Gasteiger partial charge in [-0.25, -0.2) is 8.42 Å². The lowest BCUT2D eigenvalue weighted by atomic mass is 10.1. The molecule has 13 heteroatoms. The van der Waals surface area contributed by atoms with Crippen LogP contribution >= 0.6 is 0 Å². The Kier molecular flexibility index (Phi) is 8.35. The number of benzene rings is 2. The minimum atomic E-state index is -4.00. The van der Waals surface area contributed by atoms with Gasteiger partial charge in [0.1, 0.15) is 4.90 Å². The third kappa shape index (κ3) is 5.92. The smallest absolute Gasteiger partial charge is 0.270 e. The first-order chi connectivity index (χ1) is 16.7. The number of nitrogens with zero attached hydrogens (tertiary/aromatic N) is 5. The fourth-order valence-corrected chi connectivity index (χ4v) is 5.64. The Morgan fingerprint density at radius 1 is 1.00 bits per heavy atom. The molecule has 1 saturated heterocycles. The van der Waals surface area contributed by atoms with E-state index in [9.17, 15) is 28.6 Å². The summed E-state index contributed by atoms with van der Waals surface area (Å²) < 4.78 is 27.9. The van der Waals surface area contributed by atoms with Gasteiger partial charge in [0.15, 0.2) is 0 Å². The number of hydrazone groups is 1. The summed E-state index contributed by atoms with van der Waals surface area (Å²) in [5.41, 5.74) is 3.50. The Balaban J connectivity index is 1.99. The van der Waals surface area contributed by atoms with Crippen molar-refractivity contribution >= 4 is 39.0 Å². The lowest BCUT2D eigenvalue weighted by molar-refractivity contribution is -0.385. The molecule has 2 aromatic rings. The fraction of sp³-hybridized carbons (Fsp3) is 0.409. The van der Waals surface area contributed by atoms with Gasteiger partial charge in [0.25, 0.3) is 11.4 Å². The van der Waals surface area contributed by atoms with Gasteiger partial charge in [0.2, 0.25) is 10.0 Å². The largest absolute Gasteiger partial charge is 0.372 e. The lowest BCUT2D eigenvalue weighted by Gasteiger charge is -2.26. The van der Waals surface area contributed by atoms with Crippen LogP contribution in [0.1, 0.15) is 38.7 Å². The molecule has 3 rings (SSSR count). The van der Waals surface area contributed by atoms with Crippen molar-refractivity contribution in [1.29, 1.82) is 0 Å². The number of piperidine rings is 1. The van der Waals surface area contributed by atoms with Crippen LogP contribution in [0.15, 0.2) is 46.4 Å². The fourth-order valence-electron chi connectivity index (χ4n) is 3.96. The molecule has 0 radical (unpaired) electrons. The Hall–Kier alpha value is -3.58. The number of sulfonamides is 1. The molecule has 1 aliphatic rings. The number of nitro benzene ring substituents is 2. The molecule has 188 valence electrons. The van der Waals surface area contributed by atoms with Crippen molar-refractivity contribution in [3.63, 3.8) is 0 Å². The van der Waals surface area contributed by atoms with E-state index in [0.717, 1.165) is 31.0 Å². The molecule has 0 unspecified atom stereocenters. The summed E-state index contributed by atoms with van der Waals surface area (Å²) in [6, 6.07) is 7.96. The number of anilines is 2. The predicted octanol–water partition coefficient (Wildman–Crippen LogP) is 3.97. The minimum absolute atomic E-state index is 0.0762. The minimum Gasteiger partial charge on any atom is -0.372 e. The van der Waals surface area contributed by atoms with Crippen LogP contribution in [0.2, 0.25) is 0 Å². The second-order valence-corrected chi connectivity index (χ2v) is 9.85. The molecule has 1 aliphatic heterocycles. The first-order valence-corrected chi connectivity index (χ1v) is 12.7. The van der Waals surface area contributed by atoms with Gasteiger partial charge in [-0.1, -0.05) is 6.42 Å². The molecule has 0 aromatic heterocycles. The van der Waals surface area contributed by atoms with Crippen LogP contribution in [0, 0.1) is 20.2 Å². The van der Waals surface area contributed by atoms with Crippen molar-refractivity contribution in [2.24, 2.45) is 5.10 Å². The highest BCUT2D eigenvalue weighted by molar-refractivity contribution is 7.89. The third-order valence-electron chi connectivity index (χ3n) is 5.82. The molecule has 0 spiro atoms. The van der Waals surface area contributed by atoms with Crippen molar-refractivity contribution in [3.8, 4) is 0 Å². The highest BCUT2D eigenvalue weighted by Gasteiger charge is 2.30. The van der Waals surface area contributed by atoms with Gasteiger partial charge in [-0.15, -0.1) is 0 Å². The summed E-state index contributed by atoms with van der Waals surface area (Å²) >= 11 is 0. The molecule has 12 nitrogen and oxygen atoms in total. The van der Waals surface area contributed by atoms with E-state index in [2.05, 4.69) is 10.5 Å². The number of nitro groups is 2. The molecule has 2 aromatic carbocycles. The van der Waals surface area contributed by atoms with Gasteiger partial charge in [-0.05, 0) is 38.8 Å². The summed E-state index contributed by atoms with van der Waals surface area (Å²) in [6.45, 7) is 5.94. The van der Waals surface area contributed by atoms with Crippen molar-refractivity contribution in [1.82, 2.24) is 4.31 Å². The van der Waals surface area contributed by atoms with E-state index in [1.54, 1.807) is 6.07 Å². The van der Waals surface area contributed by atoms with Gasteiger partial charge >= 0.3 is 0 Å². The summed E-state index contributed by atoms with van der Waals surface area (Å²) in [6.07, 6.45) is 3.74. The number of non-ortho nitro benzene ring substituents is 2. The Labute approximate surface area is 203 Å². The van der Waals surface area contributed by atoms with Crippen LogP contribution in [0.3, 0.4) is 0 Å². The maximum atomic E-state index is 13.3. The first-order valence-electron chi connectivity index (χ1n) is 11.3. The van der Waals surface area contributed by atoms with Gasteiger partial charge in [-0.2, -0.15) is 9.41 Å². The van der Waals surface area contributed by atoms with E-state index >= 15 is 0 Å². The second-order valence-electron chi connectivity index (χ2n) is 7.94. The predicted molar refractivity (Wildman–Crippen MR) is 134 cm³/mol. The molecule has 1 N–H and O–H groups in total. The maximum absolute atomic E-state index is 13.3. The number of nitrogens with one attached hydrogen (secondary N) is 1. The van der Waals surface area contributed by atoms with E-state index in [1.807, 2.05) is 18.7 Å². The van der Waals surface area contributed by atoms with E-state index in [0.29, 0.717) is 31.7 Å². The van der Waals surface area contributed by atoms with Crippen molar-refractivity contribution in [2.45, 2.75) is 38.0 Å². The Bertz CT molecular complexity index is 1220. The van der Waals surface area contributed by atoms with Crippen LogP contribution in [0.5, 0.6) is 0 Å². The van der Waals surface area contributed by atoms with Crippen molar-refractivity contribution in [3.05, 3.63) is 62.2 Å². The Morgan fingerprint density at radius 3 is 2.20 bits per heavy atom.